The van der Waals surface area contributed by atoms with Gasteiger partial charge in [-0.3, -0.25) is 9.69 Å². The molecule has 4 nitrogen and oxygen atoms in total. The molecule has 1 fully saturated rings. The van der Waals surface area contributed by atoms with Gasteiger partial charge in [0.2, 0.25) is 0 Å². The third-order valence-corrected chi connectivity index (χ3v) is 5.05. The van der Waals surface area contributed by atoms with E-state index in [0.717, 1.165) is 5.56 Å². The van der Waals surface area contributed by atoms with Crippen LogP contribution in [-0.2, 0) is 16.9 Å². The molecule has 1 aliphatic rings. The molecule has 6 heteroatoms. The summed E-state index contributed by atoms with van der Waals surface area (Å²) >= 11 is 3.28. The van der Waals surface area contributed by atoms with Crippen molar-refractivity contribution in [3.63, 3.8) is 0 Å². The Morgan fingerprint density at radius 3 is 2.50 bits per heavy atom. The van der Waals surface area contributed by atoms with Crippen LogP contribution in [0.2, 0.25) is 0 Å². The minimum atomic E-state index is -1.05. The molecule has 124 valence electrons. The van der Waals surface area contributed by atoms with E-state index in [9.17, 15) is 14.0 Å². The van der Waals surface area contributed by atoms with E-state index >= 15 is 0 Å². The Labute approximate surface area is 147 Å². The van der Waals surface area contributed by atoms with Crippen molar-refractivity contribution in [2.24, 2.45) is 0 Å². The molecule has 0 spiro atoms. The van der Waals surface area contributed by atoms with E-state index in [1.54, 1.807) is 6.07 Å². The number of nitrogens with one attached hydrogen (secondary N) is 1. The zero-order valence-electron chi connectivity index (χ0n) is 13.1. The molecule has 0 radical (unpaired) electrons. The van der Waals surface area contributed by atoms with Crippen LogP contribution < -0.4 is 5.32 Å². The number of hydrogen-bond acceptors (Lipinski definition) is 2. The van der Waals surface area contributed by atoms with Gasteiger partial charge in [0.05, 0.1) is 6.54 Å². The third kappa shape index (κ3) is 2.71. The number of benzene rings is 2. The zero-order chi connectivity index (χ0) is 17.3. The number of rotatable bonds is 4. The van der Waals surface area contributed by atoms with Gasteiger partial charge in [0.15, 0.2) is 0 Å². The smallest absolute Gasteiger partial charge is 0.319 e. The molecule has 0 bridgehead atoms. The van der Waals surface area contributed by atoms with E-state index in [0.29, 0.717) is 16.5 Å². The Balaban J connectivity index is 1.94. The summed E-state index contributed by atoms with van der Waals surface area (Å²) in [5, 5.41) is 2.83. The highest BCUT2D eigenvalue weighted by Gasteiger charge is 2.51. The fourth-order valence-electron chi connectivity index (χ4n) is 2.95. The molecule has 2 aromatic carbocycles. The Morgan fingerprint density at radius 1 is 1.17 bits per heavy atom. The Kier molecular flexibility index (Phi) is 4.41. The number of nitrogens with zero attached hydrogens (tertiary/aromatic N) is 1. The lowest BCUT2D eigenvalue weighted by molar-refractivity contribution is -0.132. The highest BCUT2D eigenvalue weighted by molar-refractivity contribution is 9.10. The monoisotopic (exact) mass is 390 g/mol. The second kappa shape index (κ2) is 6.36. The minimum Gasteiger partial charge on any atom is -0.319 e. The van der Waals surface area contributed by atoms with Crippen molar-refractivity contribution < 1.29 is 14.0 Å². The van der Waals surface area contributed by atoms with Crippen LogP contribution in [0.25, 0.3) is 0 Å². The van der Waals surface area contributed by atoms with Crippen LogP contribution in [0.1, 0.15) is 24.5 Å². The molecule has 0 saturated carbocycles. The van der Waals surface area contributed by atoms with Gasteiger partial charge in [0.25, 0.3) is 5.91 Å². The van der Waals surface area contributed by atoms with Crippen molar-refractivity contribution in [1.29, 1.82) is 0 Å². The van der Waals surface area contributed by atoms with Crippen LogP contribution in [-0.4, -0.2) is 16.8 Å². The van der Waals surface area contributed by atoms with Crippen molar-refractivity contribution in [3.8, 4) is 0 Å². The van der Waals surface area contributed by atoms with Crippen molar-refractivity contribution in [3.05, 3.63) is 69.9 Å². The molecule has 1 N–H and O–H groups in total. The first kappa shape index (κ1) is 16.6. The van der Waals surface area contributed by atoms with Crippen molar-refractivity contribution in [2.45, 2.75) is 25.4 Å². The largest absolute Gasteiger partial charge is 0.325 e. The normalized spacial score (nSPS) is 20.4. The number of urea groups is 1. The first-order valence-corrected chi connectivity index (χ1v) is 8.41. The van der Waals surface area contributed by atoms with Gasteiger partial charge in [-0.1, -0.05) is 59.3 Å². The molecule has 3 amide bonds. The van der Waals surface area contributed by atoms with Gasteiger partial charge in [0.1, 0.15) is 11.4 Å². The molecule has 1 unspecified atom stereocenters. The highest BCUT2D eigenvalue weighted by Crippen LogP contribution is 2.33. The molecular formula is C18H16BrFN2O2. The molecule has 24 heavy (non-hydrogen) atoms. The first-order chi connectivity index (χ1) is 11.5. The SMILES string of the molecule is CCC1(c2ccccc2)NC(=O)N(Cc2ccc(F)cc2Br)C1=O. The van der Waals surface area contributed by atoms with Crippen molar-refractivity contribution in [1.82, 2.24) is 10.2 Å². The van der Waals surface area contributed by atoms with Crippen molar-refractivity contribution >= 4 is 27.9 Å². The van der Waals surface area contributed by atoms with E-state index in [1.807, 2.05) is 37.3 Å². The van der Waals surface area contributed by atoms with Crippen LogP contribution in [0.3, 0.4) is 0 Å². The van der Waals surface area contributed by atoms with Crippen LogP contribution in [0, 0.1) is 5.82 Å². The maximum Gasteiger partial charge on any atom is 0.325 e. The number of imide groups is 1. The van der Waals surface area contributed by atoms with Gasteiger partial charge < -0.3 is 5.32 Å². The van der Waals surface area contributed by atoms with Gasteiger partial charge in [-0.2, -0.15) is 0 Å². The zero-order valence-corrected chi connectivity index (χ0v) is 14.6. The average molecular weight is 391 g/mol. The quantitative estimate of drug-likeness (QED) is 0.803. The second-order valence-corrected chi connectivity index (χ2v) is 6.54. The summed E-state index contributed by atoms with van der Waals surface area (Å²) in [5.41, 5.74) is 0.372. The lowest BCUT2D eigenvalue weighted by atomic mass is 9.87. The van der Waals surface area contributed by atoms with E-state index in [4.69, 9.17) is 0 Å². The molecule has 1 heterocycles. The highest BCUT2D eigenvalue weighted by atomic mass is 79.9. The van der Waals surface area contributed by atoms with E-state index in [1.165, 1.54) is 17.0 Å². The average Bonchev–Trinajstić information content (AvgIpc) is 2.83. The topological polar surface area (TPSA) is 49.4 Å². The minimum absolute atomic E-state index is 0.0834. The lowest BCUT2D eigenvalue weighted by Gasteiger charge is -2.25. The van der Waals surface area contributed by atoms with Crippen LogP contribution >= 0.6 is 15.9 Å². The number of halogens is 2. The number of amides is 3. The summed E-state index contributed by atoms with van der Waals surface area (Å²) in [5.74, 6) is -0.674. The summed E-state index contributed by atoms with van der Waals surface area (Å²) in [6.45, 7) is 1.95. The van der Waals surface area contributed by atoms with E-state index < -0.39 is 11.6 Å². The Hall–Kier alpha value is -2.21. The summed E-state index contributed by atoms with van der Waals surface area (Å²) < 4.78 is 13.7. The predicted molar refractivity (Wildman–Crippen MR) is 91.6 cm³/mol. The van der Waals surface area contributed by atoms with Gasteiger partial charge in [-0.15, -0.1) is 0 Å². The summed E-state index contributed by atoms with van der Waals surface area (Å²) in [6, 6.07) is 13.0. The standard InChI is InChI=1S/C18H16BrFN2O2/c1-2-18(13-6-4-3-5-7-13)16(23)22(17(24)21-18)11-12-8-9-14(20)10-15(12)19/h3-10H,2,11H2,1H3,(H,21,24). The van der Waals surface area contributed by atoms with E-state index in [2.05, 4.69) is 21.2 Å². The van der Waals surface area contributed by atoms with Crippen LogP contribution in [0.5, 0.6) is 0 Å². The second-order valence-electron chi connectivity index (χ2n) is 5.68. The van der Waals surface area contributed by atoms with E-state index in [-0.39, 0.29) is 18.3 Å². The van der Waals surface area contributed by atoms with Crippen LogP contribution in [0.15, 0.2) is 53.0 Å². The Bertz CT molecular complexity index is 797. The summed E-state index contributed by atoms with van der Waals surface area (Å²) in [6.07, 6.45) is 0.447. The van der Waals surface area contributed by atoms with Gasteiger partial charge in [-0.05, 0) is 29.7 Å². The fraction of sp³-hybridized carbons (Fsp3) is 0.222. The van der Waals surface area contributed by atoms with Gasteiger partial charge >= 0.3 is 6.03 Å². The summed E-state index contributed by atoms with van der Waals surface area (Å²) in [4.78, 5) is 26.6. The number of hydrogen-bond donors (Lipinski definition) is 1. The Morgan fingerprint density at radius 2 is 1.88 bits per heavy atom. The number of carbonyl (C=O) groups is 2. The predicted octanol–water partition coefficient (Wildman–Crippen LogP) is 3.95. The van der Waals surface area contributed by atoms with Gasteiger partial charge in [0, 0.05) is 4.47 Å². The molecule has 2 aromatic rings. The molecule has 1 saturated heterocycles. The first-order valence-electron chi connectivity index (χ1n) is 7.61. The molecule has 3 rings (SSSR count). The molecular weight excluding hydrogens is 375 g/mol. The van der Waals surface area contributed by atoms with Crippen molar-refractivity contribution in [2.75, 3.05) is 0 Å². The maximum atomic E-state index is 13.2. The summed E-state index contributed by atoms with van der Waals surface area (Å²) in [7, 11) is 0. The van der Waals surface area contributed by atoms with Crippen LogP contribution in [0.4, 0.5) is 9.18 Å². The number of carbonyl (C=O) groups excluding carboxylic acids is 2. The maximum absolute atomic E-state index is 13.2. The lowest BCUT2D eigenvalue weighted by Crippen LogP contribution is -2.43. The molecule has 0 aromatic heterocycles. The molecule has 1 atom stereocenters. The fourth-order valence-corrected chi connectivity index (χ4v) is 3.43. The molecule has 0 aliphatic carbocycles. The third-order valence-electron chi connectivity index (χ3n) is 4.32. The molecule has 1 aliphatic heterocycles. The van der Waals surface area contributed by atoms with Gasteiger partial charge in [-0.25, -0.2) is 9.18 Å².